The van der Waals surface area contributed by atoms with Crippen LogP contribution in [0.3, 0.4) is 0 Å². The molecule has 27 heavy (non-hydrogen) atoms. The minimum atomic E-state index is -1.74. The molecule has 3 fully saturated rings. The Balaban J connectivity index is 1.86. The molecule has 1 N–H and O–H groups in total. The van der Waals surface area contributed by atoms with Crippen molar-refractivity contribution in [2.45, 2.75) is 62.7 Å². The lowest BCUT2D eigenvalue weighted by Gasteiger charge is -2.52. The van der Waals surface area contributed by atoms with Crippen molar-refractivity contribution in [1.29, 1.82) is 0 Å². The molecule has 0 saturated carbocycles. The van der Waals surface area contributed by atoms with Crippen LogP contribution in [0.15, 0.2) is 0 Å². The number of hydrogen-bond donors (Lipinski definition) is 1. The average Bonchev–Trinajstić information content (AvgIpc) is 3.33. The zero-order valence-electron chi connectivity index (χ0n) is 15.6. The van der Waals surface area contributed by atoms with Gasteiger partial charge in [-0.2, -0.15) is 4.42 Å². The van der Waals surface area contributed by atoms with Gasteiger partial charge in [-0.1, -0.05) is 0 Å². The lowest BCUT2D eigenvalue weighted by molar-refractivity contribution is -0.381. The summed E-state index contributed by atoms with van der Waals surface area (Å²) in [7, 11) is 1.37. The minimum absolute atomic E-state index is 0.0428. The molecule has 0 aromatic rings. The number of amides is 2. The number of methoxy groups -OCH3 is 1. The van der Waals surface area contributed by atoms with E-state index in [0.29, 0.717) is 11.0 Å². The number of carbonyl (C=O) groups excluding carboxylic acids is 2. The number of rotatable bonds is 4. The van der Waals surface area contributed by atoms with Gasteiger partial charge in [0.05, 0.1) is 19.3 Å². The first kappa shape index (κ1) is 20.7. The van der Waals surface area contributed by atoms with Crippen molar-refractivity contribution in [2.24, 2.45) is 0 Å². The van der Waals surface area contributed by atoms with E-state index >= 15 is 0 Å². The van der Waals surface area contributed by atoms with Gasteiger partial charge in [-0.15, -0.1) is 0 Å². The summed E-state index contributed by atoms with van der Waals surface area (Å²) in [4.78, 5) is 23.3. The summed E-state index contributed by atoms with van der Waals surface area (Å²) in [5.74, 6) is -3.21. The molecule has 10 nitrogen and oxygen atoms in total. The van der Waals surface area contributed by atoms with Crippen molar-refractivity contribution >= 4 is 23.8 Å². The molecule has 0 aromatic heterocycles. The number of nitrogens with zero attached hydrogens (tertiary/aromatic N) is 1. The van der Waals surface area contributed by atoms with Crippen molar-refractivity contribution in [3.8, 4) is 0 Å². The molecule has 2 amide bonds. The first-order chi connectivity index (χ1) is 12.5. The molecule has 3 aliphatic heterocycles. The largest absolute Gasteiger partial charge is 0.440 e. The quantitative estimate of drug-likeness (QED) is 0.524. The highest BCUT2D eigenvalue weighted by molar-refractivity contribution is 6.28. The molecule has 1 unspecified atom stereocenters. The lowest BCUT2D eigenvalue weighted by atomic mass is 9.78. The van der Waals surface area contributed by atoms with E-state index in [1.54, 1.807) is 13.8 Å². The van der Waals surface area contributed by atoms with E-state index in [-0.39, 0.29) is 25.7 Å². The Hall–Kier alpha value is -1.01. The molecule has 1 spiro atoms. The van der Waals surface area contributed by atoms with Crippen LogP contribution < -0.4 is 0 Å². The Morgan fingerprint density at radius 3 is 2.44 bits per heavy atom. The van der Waals surface area contributed by atoms with Gasteiger partial charge in [-0.05, 0) is 13.8 Å². The van der Waals surface area contributed by atoms with E-state index in [4.69, 9.17) is 40.2 Å². The van der Waals surface area contributed by atoms with Crippen LogP contribution in [0.1, 0.15) is 27.2 Å². The van der Waals surface area contributed by atoms with Gasteiger partial charge in [0.1, 0.15) is 12.7 Å². The number of aliphatic hydroxyl groups is 1. The molecular weight excluding hydrogens is 386 g/mol. The van der Waals surface area contributed by atoms with Gasteiger partial charge in [0.2, 0.25) is 11.7 Å². The minimum Gasteiger partial charge on any atom is -0.440 e. The lowest BCUT2D eigenvalue weighted by Crippen LogP contribution is -2.72. The van der Waals surface area contributed by atoms with Gasteiger partial charge in [-0.25, -0.2) is 4.79 Å². The van der Waals surface area contributed by atoms with E-state index in [9.17, 15) is 14.7 Å². The van der Waals surface area contributed by atoms with Gasteiger partial charge in [0.15, 0.2) is 17.5 Å². The van der Waals surface area contributed by atoms with Crippen LogP contribution >= 0.6 is 11.8 Å². The van der Waals surface area contributed by atoms with Crippen LogP contribution in [0.4, 0.5) is 4.79 Å². The summed E-state index contributed by atoms with van der Waals surface area (Å²) >= 11 is 5.60. The van der Waals surface area contributed by atoms with Crippen LogP contribution in [-0.2, 0) is 33.2 Å². The Morgan fingerprint density at radius 2 is 1.96 bits per heavy atom. The van der Waals surface area contributed by atoms with Crippen LogP contribution in [0.5, 0.6) is 0 Å². The molecule has 0 bridgehead atoms. The van der Waals surface area contributed by atoms with Gasteiger partial charge < -0.3 is 33.5 Å². The van der Waals surface area contributed by atoms with E-state index in [2.05, 4.69) is 0 Å². The number of hydrogen-bond acceptors (Lipinski definition) is 9. The summed E-state index contributed by atoms with van der Waals surface area (Å²) in [6.45, 7) is 4.79. The topological polar surface area (TPSA) is 116 Å². The molecule has 3 saturated heterocycles. The first-order valence-electron chi connectivity index (χ1n) is 8.55. The Morgan fingerprint density at radius 1 is 1.30 bits per heavy atom. The fourth-order valence-corrected chi connectivity index (χ4v) is 3.55. The SMILES string of the molecule is CO[C@@H]1[C@H](OC(=O)N(Cl)C(C)=O)CO[C@]2(COC(C)(C)O2)[C@]1(O)CC1CO1. The summed E-state index contributed by atoms with van der Waals surface area (Å²) in [6.07, 6.45) is -3.25. The second kappa shape index (κ2) is 7.11. The van der Waals surface area contributed by atoms with Crippen molar-refractivity contribution < 1.29 is 43.1 Å². The fraction of sp³-hybridized carbons (Fsp3) is 0.875. The van der Waals surface area contributed by atoms with Gasteiger partial charge >= 0.3 is 6.09 Å². The van der Waals surface area contributed by atoms with Crippen LogP contribution in [0.25, 0.3) is 0 Å². The molecule has 3 aliphatic rings. The highest BCUT2D eigenvalue weighted by Crippen LogP contribution is 2.49. The maximum Gasteiger partial charge on any atom is 0.432 e. The Kier molecular flexibility index (Phi) is 5.45. The number of ether oxygens (including phenoxy) is 6. The molecule has 0 aliphatic carbocycles. The van der Waals surface area contributed by atoms with Crippen molar-refractivity contribution in [1.82, 2.24) is 4.42 Å². The summed E-state index contributed by atoms with van der Waals surface area (Å²) < 4.78 is 33.7. The van der Waals surface area contributed by atoms with E-state index in [1.165, 1.54) is 7.11 Å². The third-order valence-corrected chi connectivity index (χ3v) is 5.23. The summed E-state index contributed by atoms with van der Waals surface area (Å²) in [6, 6.07) is 0. The molecule has 5 atom stereocenters. The van der Waals surface area contributed by atoms with Crippen molar-refractivity contribution in [3.05, 3.63) is 0 Å². The molecule has 3 rings (SSSR count). The zero-order valence-corrected chi connectivity index (χ0v) is 16.4. The second-order valence-corrected chi connectivity index (χ2v) is 7.65. The molecule has 154 valence electrons. The van der Waals surface area contributed by atoms with E-state index < -0.39 is 41.4 Å². The highest BCUT2D eigenvalue weighted by atomic mass is 35.5. The standard InChI is InChI=1S/C16H24ClNO9/c1-9(19)18(17)13(20)26-11-7-24-16(8-25-14(2,3)27-16)15(21,12(11)22-4)5-10-6-23-10/h10-12,21H,5-8H2,1-4H3/t10?,11-,12-,15+,16+/m1/s1. The van der Waals surface area contributed by atoms with Crippen LogP contribution in [0, 0.1) is 0 Å². The maximum atomic E-state index is 12.1. The van der Waals surface area contributed by atoms with Crippen molar-refractivity contribution in [2.75, 3.05) is 26.9 Å². The third-order valence-electron chi connectivity index (χ3n) is 4.85. The average molecular weight is 410 g/mol. The number of imide groups is 1. The normalized spacial score (nSPS) is 40.0. The van der Waals surface area contributed by atoms with Crippen LogP contribution in [-0.4, -0.2) is 83.9 Å². The summed E-state index contributed by atoms with van der Waals surface area (Å²) in [5, 5.41) is 11.6. The number of carbonyl (C=O) groups is 2. The smallest absolute Gasteiger partial charge is 0.432 e. The van der Waals surface area contributed by atoms with Gasteiger partial charge in [-0.3, -0.25) is 4.79 Å². The Labute approximate surface area is 161 Å². The monoisotopic (exact) mass is 409 g/mol. The highest BCUT2D eigenvalue weighted by Gasteiger charge is 2.69. The molecule has 0 aromatic carbocycles. The zero-order chi connectivity index (χ0) is 20.0. The number of epoxide rings is 1. The molecule has 3 heterocycles. The third kappa shape index (κ3) is 3.80. The Bertz CT molecular complexity index is 613. The van der Waals surface area contributed by atoms with E-state index in [0.717, 1.165) is 6.92 Å². The fourth-order valence-electron chi connectivity index (χ4n) is 3.51. The maximum absolute atomic E-state index is 12.1. The molecule has 0 radical (unpaired) electrons. The molecule has 11 heteroatoms. The second-order valence-electron chi connectivity index (χ2n) is 7.32. The summed E-state index contributed by atoms with van der Waals surface area (Å²) in [5.41, 5.74) is -1.74. The van der Waals surface area contributed by atoms with E-state index in [1.807, 2.05) is 0 Å². The first-order valence-corrected chi connectivity index (χ1v) is 8.89. The van der Waals surface area contributed by atoms with Gasteiger partial charge in [0.25, 0.3) is 0 Å². The van der Waals surface area contributed by atoms with Gasteiger partial charge in [0, 0.05) is 32.2 Å². The van der Waals surface area contributed by atoms with Crippen LogP contribution in [0.2, 0.25) is 0 Å². The van der Waals surface area contributed by atoms with Crippen molar-refractivity contribution in [3.63, 3.8) is 0 Å². The predicted molar refractivity (Wildman–Crippen MR) is 88.5 cm³/mol. The number of halogens is 1. The predicted octanol–water partition coefficient (Wildman–Crippen LogP) is 0.538. The molecular formula is C16H24ClNO9.